The van der Waals surface area contributed by atoms with Crippen LogP contribution in [0.5, 0.6) is 0 Å². The van der Waals surface area contributed by atoms with E-state index in [1.54, 1.807) is 34.6 Å². The van der Waals surface area contributed by atoms with E-state index in [-0.39, 0.29) is 11.7 Å². The van der Waals surface area contributed by atoms with Crippen LogP contribution in [0.1, 0.15) is 54.9 Å². The van der Waals surface area contributed by atoms with Crippen molar-refractivity contribution in [2.24, 2.45) is 11.8 Å². The Hall–Kier alpha value is -2.43. The molecular formula is C22H36F2N2O7. The van der Waals surface area contributed by atoms with E-state index in [1.807, 2.05) is 6.92 Å². The first-order valence-corrected chi connectivity index (χ1v) is 10.8. The number of hydrogen-bond acceptors (Lipinski definition) is 8. The topological polar surface area (TPSA) is 112 Å². The molecule has 0 bridgehead atoms. The number of rotatable bonds is 8. The summed E-state index contributed by atoms with van der Waals surface area (Å²) >= 11 is 0. The van der Waals surface area contributed by atoms with Crippen molar-refractivity contribution in [3.05, 3.63) is 12.4 Å². The van der Waals surface area contributed by atoms with Gasteiger partial charge in [0.05, 0.1) is 13.2 Å². The molecular weight excluding hydrogens is 442 g/mol. The molecule has 0 saturated carbocycles. The molecule has 0 aromatic carbocycles. The van der Waals surface area contributed by atoms with Crippen molar-refractivity contribution in [1.82, 2.24) is 10.6 Å². The van der Waals surface area contributed by atoms with Crippen molar-refractivity contribution in [1.29, 1.82) is 0 Å². The Morgan fingerprint density at radius 3 is 2.30 bits per heavy atom. The number of halogens is 2. The predicted octanol–water partition coefficient (Wildman–Crippen LogP) is 3.13. The summed E-state index contributed by atoms with van der Waals surface area (Å²) in [7, 11) is 0.899. The highest BCUT2D eigenvalue weighted by molar-refractivity contribution is 5.79. The summed E-state index contributed by atoms with van der Waals surface area (Å²) in [6, 6.07) is -1.41. The second-order valence-electron chi connectivity index (χ2n) is 9.22. The highest BCUT2D eigenvalue weighted by atomic mass is 19.2. The average molecular weight is 479 g/mol. The van der Waals surface area contributed by atoms with Gasteiger partial charge in [0.1, 0.15) is 23.6 Å². The molecule has 0 radical (unpaired) electrons. The maximum Gasteiger partial charge on any atom is 0.413 e. The molecule has 0 spiro atoms. The van der Waals surface area contributed by atoms with Crippen LogP contribution in [0.4, 0.5) is 13.6 Å². The summed E-state index contributed by atoms with van der Waals surface area (Å²) < 4.78 is 51.3. The SMILES string of the molecule is C=C(NC(=O)OC(C)(C)C)NC1C(C)C([C@H](OC(C)=O)[C@H](C)CC)OC(F)(C(=O)OC)C1F. The molecule has 0 aromatic rings. The highest BCUT2D eigenvalue weighted by Crippen LogP contribution is 2.41. The molecule has 1 rings (SSSR count). The molecule has 11 heteroatoms. The van der Waals surface area contributed by atoms with Crippen LogP contribution in [0.25, 0.3) is 0 Å². The normalized spacial score (nSPS) is 29.3. The van der Waals surface area contributed by atoms with E-state index in [0.717, 1.165) is 7.11 Å². The fourth-order valence-electron chi connectivity index (χ4n) is 3.54. The zero-order chi connectivity index (χ0) is 25.7. The molecule has 1 saturated heterocycles. The van der Waals surface area contributed by atoms with E-state index in [4.69, 9.17) is 14.2 Å². The number of esters is 2. The van der Waals surface area contributed by atoms with E-state index in [0.29, 0.717) is 6.42 Å². The number of nitrogens with one attached hydrogen (secondary N) is 2. The van der Waals surface area contributed by atoms with Crippen LogP contribution in [0.15, 0.2) is 12.4 Å². The minimum atomic E-state index is -3.48. The maximum absolute atomic E-state index is 15.6. The molecule has 190 valence electrons. The number of hydrogen-bond donors (Lipinski definition) is 2. The predicted molar refractivity (Wildman–Crippen MR) is 115 cm³/mol. The molecule has 1 fully saturated rings. The van der Waals surface area contributed by atoms with Gasteiger partial charge in [-0.25, -0.2) is 14.0 Å². The second-order valence-corrected chi connectivity index (χ2v) is 9.22. The zero-order valence-electron chi connectivity index (χ0n) is 20.5. The van der Waals surface area contributed by atoms with Crippen LogP contribution in [0.3, 0.4) is 0 Å². The third-order valence-corrected chi connectivity index (χ3v) is 5.35. The average Bonchev–Trinajstić information content (AvgIpc) is 2.69. The minimum absolute atomic E-state index is 0.177. The molecule has 1 aliphatic rings. The summed E-state index contributed by atoms with van der Waals surface area (Å²) in [6.45, 7) is 14.9. The Balaban J connectivity index is 3.28. The first kappa shape index (κ1) is 28.6. The van der Waals surface area contributed by atoms with Gasteiger partial charge in [0.2, 0.25) is 0 Å². The van der Waals surface area contributed by atoms with Gasteiger partial charge in [-0.05, 0) is 33.1 Å². The Labute approximate surface area is 193 Å². The van der Waals surface area contributed by atoms with Crippen LogP contribution < -0.4 is 10.6 Å². The molecule has 0 aromatic heterocycles. The van der Waals surface area contributed by atoms with E-state index >= 15 is 8.78 Å². The third-order valence-electron chi connectivity index (χ3n) is 5.35. The quantitative estimate of drug-likeness (QED) is 0.404. The van der Waals surface area contributed by atoms with Gasteiger partial charge in [0, 0.05) is 12.8 Å². The lowest BCUT2D eigenvalue weighted by Crippen LogP contribution is -2.68. The molecule has 33 heavy (non-hydrogen) atoms. The molecule has 0 aliphatic carbocycles. The molecule has 9 nitrogen and oxygen atoms in total. The van der Waals surface area contributed by atoms with Crippen molar-refractivity contribution in [3.8, 4) is 0 Å². The van der Waals surface area contributed by atoms with Crippen molar-refractivity contribution in [3.63, 3.8) is 0 Å². The summed E-state index contributed by atoms with van der Waals surface area (Å²) in [4.78, 5) is 35.9. The molecule has 5 unspecified atom stereocenters. The van der Waals surface area contributed by atoms with Gasteiger partial charge in [-0.1, -0.05) is 27.4 Å². The number of carbonyl (C=O) groups is 3. The number of alkyl carbamates (subject to hydrolysis) is 1. The van der Waals surface area contributed by atoms with Gasteiger partial charge in [-0.3, -0.25) is 10.1 Å². The van der Waals surface area contributed by atoms with E-state index in [2.05, 4.69) is 21.9 Å². The Kier molecular flexibility index (Phi) is 9.65. The lowest BCUT2D eigenvalue weighted by Gasteiger charge is -2.47. The Morgan fingerprint density at radius 1 is 1.27 bits per heavy atom. The second kappa shape index (κ2) is 11.1. The smallest absolute Gasteiger partial charge is 0.413 e. The van der Waals surface area contributed by atoms with Gasteiger partial charge in [0.15, 0.2) is 6.17 Å². The summed E-state index contributed by atoms with van der Waals surface area (Å²) in [5.41, 5.74) is -0.795. The summed E-state index contributed by atoms with van der Waals surface area (Å²) in [5, 5.41) is 4.92. The number of alkyl halides is 2. The van der Waals surface area contributed by atoms with Crippen LogP contribution in [0, 0.1) is 11.8 Å². The van der Waals surface area contributed by atoms with Gasteiger partial charge < -0.3 is 24.3 Å². The summed E-state index contributed by atoms with van der Waals surface area (Å²) in [6.07, 6.45) is -5.06. The third kappa shape index (κ3) is 7.28. The number of carbonyl (C=O) groups excluding carboxylic acids is 3. The summed E-state index contributed by atoms with van der Waals surface area (Å²) in [5.74, 6) is -7.00. The lowest BCUT2D eigenvalue weighted by molar-refractivity contribution is -0.284. The molecule has 1 aliphatic heterocycles. The van der Waals surface area contributed by atoms with Crippen molar-refractivity contribution >= 4 is 18.0 Å². The van der Waals surface area contributed by atoms with Gasteiger partial charge in [-0.2, -0.15) is 4.39 Å². The van der Waals surface area contributed by atoms with Crippen LogP contribution >= 0.6 is 0 Å². The van der Waals surface area contributed by atoms with Crippen LogP contribution in [-0.4, -0.2) is 61.0 Å². The van der Waals surface area contributed by atoms with Gasteiger partial charge >= 0.3 is 23.9 Å². The fraction of sp³-hybridized carbons (Fsp3) is 0.773. The molecule has 1 heterocycles. The lowest BCUT2D eigenvalue weighted by atomic mass is 9.80. The molecule has 7 atom stereocenters. The Morgan fingerprint density at radius 2 is 1.85 bits per heavy atom. The molecule has 2 N–H and O–H groups in total. The number of methoxy groups -OCH3 is 1. The van der Waals surface area contributed by atoms with Crippen LogP contribution in [0.2, 0.25) is 0 Å². The largest absolute Gasteiger partial charge is 0.465 e. The Bertz CT molecular complexity index is 743. The van der Waals surface area contributed by atoms with Gasteiger partial charge in [-0.15, -0.1) is 0 Å². The van der Waals surface area contributed by atoms with Crippen molar-refractivity contribution < 1.29 is 42.1 Å². The first-order chi connectivity index (χ1) is 15.1. The van der Waals surface area contributed by atoms with E-state index in [1.165, 1.54) is 6.92 Å². The van der Waals surface area contributed by atoms with E-state index < -0.39 is 59.8 Å². The van der Waals surface area contributed by atoms with Crippen molar-refractivity contribution in [2.45, 2.75) is 90.8 Å². The standard InChI is InChI=1S/C22H36F2N2O7/c1-10-11(2)16(31-14(5)27)17-12(3)15(18(23)22(24,32-17)19(28)30-9)25-13(4)26-20(29)33-21(6,7)8/h11-12,15-18,25H,4,10H2,1-3,5-9H3,(H,26,29)/t11-,12?,15?,16-,17?,18?,22?/m1/s1. The number of ether oxygens (including phenoxy) is 4. The maximum atomic E-state index is 15.6. The zero-order valence-corrected chi connectivity index (χ0v) is 20.5. The highest BCUT2D eigenvalue weighted by Gasteiger charge is 2.62. The van der Waals surface area contributed by atoms with E-state index in [9.17, 15) is 14.4 Å². The number of amides is 1. The fourth-order valence-corrected chi connectivity index (χ4v) is 3.54. The van der Waals surface area contributed by atoms with Crippen LogP contribution in [-0.2, 0) is 28.5 Å². The monoisotopic (exact) mass is 478 g/mol. The van der Waals surface area contributed by atoms with Crippen molar-refractivity contribution in [2.75, 3.05) is 7.11 Å². The molecule has 1 amide bonds. The van der Waals surface area contributed by atoms with Gasteiger partial charge in [0.25, 0.3) is 0 Å². The first-order valence-electron chi connectivity index (χ1n) is 10.8. The minimum Gasteiger partial charge on any atom is -0.465 e.